The molecule has 0 bridgehead atoms. The molecule has 7 nitrogen and oxygen atoms in total. The molecular weight excluding hydrogens is 404 g/mol. The summed E-state index contributed by atoms with van der Waals surface area (Å²) >= 11 is 0. The predicted molar refractivity (Wildman–Crippen MR) is 95.7 cm³/mol. The van der Waals surface area contributed by atoms with Gasteiger partial charge in [-0.1, -0.05) is 12.1 Å². The first-order valence-corrected chi connectivity index (χ1v) is 8.59. The fourth-order valence-electron chi connectivity index (χ4n) is 2.87. The smallest absolute Gasteiger partial charge is 0.339 e. The number of tetrazole rings is 1. The summed E-state index contributed by atoms with van der Waals surface area (Å²) in [6.45, 7) is 0. The van der Waals surface area contributed by atoms with Gasteiger partial charge >= 0.3 is 6.18 Å². The Hall–Kier alpha value is -3.89. The number of carbonyl (C=O) groups excluding carboxylic acids is 1. The van der Waals surface area contributed by atoms with Crippen LogP contribution in [0.5, 0.6) is 0 Å². The Bertz CT molecular complexity index is 1210. The fourth-order valence-corrected chi connectivity index (χ4v) is 2.87. The largest absolute Gasteiger partial charge is 0.416 e. The zero-order valence-electron chi connectivity index (χ0n) is 15.0. The van der Waals surface area contributed by atoms with Gasteiger partial charge in [-0.05, 0) is 52.4 Å². The second-order valence-corrected chi connectivity index (χ2v) is 6.30. The first-order valence-electron chi connectivity index (χ1n) is 8.59. The van der Waals surface area contributed by atoms with Crippen LogP contribution in [0.1, 0.15) is 33.2 Å². The topological polar surface area (TPSA) is 85.1 Å². The van der Waals surface area contributed by atoms with Gasteiger partial charge < -0.3 is 5.32 Å². The zero-order valence-corrected chi connectivity index (χ0v) is 15.0. The van der Waals surface area contributed by atoms with Gasteiger partial charge in [0, 0.05) is 12.4 Å². The molecule has 0 saturated carbocycles. The Morgan fingerprint density at radius 1 is 1.07 bits per heavy atom. The monoisotopic (exact) mass is 416 g/mol. The van der Waals surface area contributed by atoms with Crippen LogP contribution in [0.4, 0.5) is 17.6 Å². The summed E-state index contributed by atoms with van der Waals surface area (Å²) in [5.41, 5.74) is -0.168. The Labute approximate surface area is 166 Å². The van der Waals surface area contributed by atoms with Crippen molar-refractivity contribution in [2.45, 2.75) is 12.2 Å². The number of alkyl halides is 3. The Morgan fingerprint density at radius 2 is 1.83 bits per heavy atom. The van der Waals surface area contributed by atoms with E-state index in [1.807, 2.05) is 0 Å². The van der Waals surface area contributed by atoms with E-state index >= 15 is 0 Å². The molecule has 0 unspecified atom stereocenters. The predicted octanol–water partition coefficient (Wildman–Crippen LogP) is 3.20. The number of nitrogens with one attached hydrogen (secondary N) is 1. The van der Waals surface area contributed by atoms with Crippen LogP contribution in [0.2, 0.25) is 0 Å². The molecule has 1 N–H and O–H groups in total. The van der Waals surface area contributed by atoms with Crippen molar-refractivity contribution in [2.75, 3.05) is 0 Å². The number of benzene rings is 1. The number of hydrogen-bond donors (Lipinski definition) is 1. The molecule has 4 rings (SSSR count). The lowest BCUT2D eigenvalue weighted by atomic mass is 10.0. The molecular formula is C19H12F4N6O. The number of rotatable bonds is 4. The highest BCUT2D eigenvalue weighted by molar-refractivity contribution is 5.94. The van der Waals surface area contributed by atoms with Crippen molar-refractivity contribution in [1.29, 1.82) is 0 Å². The van der Waals surface area contributed by atoms with E-state index in [-0.39, 0.29) is 16.8 Å². The van der Waals surface area contributed by atoms with Crippen molar-refractivity contribution in [2.24, 2.45) is 0 Å². The van der Waals surface area contributed by atoms with Gasteiger partial charge in [0.25, 0.3) is 5.91 Å². The van der Waals surface area contributed by atoms with E-state index in [0.717, 1.165) is 18.2 Å². The molecule has 152 valence electrons. The minimum absolute atomic E-state index is 0.130. The quantitative estimate of drug-likeness (QED) is 0.517. The summed E-state index contributed by atoms with van der Waals surface area (Å²) in [6.07, 6.45) is -1.81. The number of fused-ring (bicyclic) bond motifs is 1. The molecule has 0 fully saturated rings. The maximum Gasteiger partial charge on any atom is 0.416 e. The van der Waals surface area contributed by atoms with Crippen LogP contribution in [-0.2, 0) is 6.18 Å². The van der Waals surface area contributed by atoms with Crippen molar-refractivity contribution in [3.8, 4) is 0 Å². The van der Waals surface area contributed by atoms with Crippen LogP contribution >= 0.6 is 0 Å². The summed E-state index contributed by atoms with van der Waals surface area (Å²) in [7, 11) is 0. The third-order valence-electron chi connectivity index (χ3n) is 4.36. The lowest BCUT2D eigenvalue weighted by Crippen LogP contribution is -2.31. The highest BCUT2D eigenvalue weighted by Crippen LogP contribution is 2.31. The van der Waals surface area contributed by atoms with E-state index < -0.39 is 29.5 Å². The zero-order chi connectivity index (χ0) is 21.3. The molecule has 0 saturated heterocycles. The van der Waals surface area contributed by atoms with Crippen LogP contribution in [0.25, 0.3) is 5.65 Å². The second-order valence-electron chi connectivity index (χ2n) is 6.30. The first kappa shape index (κ1) is 19.4. The normalized spacial score (nSPS) is 12.7. The van der Waals surface area contributed by atoms with Gasteiger partial charge in [-0.3, -0.25) is 9.78 Å². The van der Waals surface area contributed by atoms with Crippen molar-refractivity contribution >= 4 is 11.6 Å². The third kappa shape index (κ3) is 3.81. The van der Waals surface area contributed by atoms with E-state index in [1.165, 1.54) is 47.2 Å². The molecule has 30 heavy (non-hydrogen) atoms. The molecule has 3 aromatic heterocycles. The minimum Gasteiger partial charge on any atom is -0.339 e. The number of aromatic nitrogens is 5. The van der Waals surface area contributed by atoms with Gasteiger partial charge in [-0.2, -0.15) is 17.7 Å². The fraction of sp³-hybridized carbons (Fsp3) is 0.105. The summed E-state index contributed by atoms with van der Waals surface area (Å²) in [5, 5.41) is 13.5. The standard InChI is InChI=1S/C19H12F4N6O/c20-14-2-1-9-24-17(14)16(11-3-6-13(7-4-11)19(21,22)23)25-18(30)12-5-8-15-26-27-28-29(15)10-12/h1-10,16H,(H,25,30)/t16-/m0/s1. The van der Waals surface area contributed by atoms with E-state index in [2.05, 4.69) is 25.8 Å². The number of hydrogen-bond acceptors (Lipinski definition) is 5. The van der Waals surface area contributed by atoms with Crippen LogP contribution < -0.4 is 5.32 Å². The molecule has 0 spiro atoms. The van der Waals surface area contributed by atoms with Crippen molar-refractivity contribution in [3.63, 3.8) is 0 Å². The van der Waals surface area contributed by atoms with Crippen LogP contribution in [-0.4, -0.2) is 30.9 Å². The van der Waals surface area contributed by atoms with Gasteiger partial charge in [0.1, 0.15) is 11.5 Å². The number of amides is 1. The van der Waals surface area contributed by atoms with Gasteiger partial charge in [0.05, 0.1) is 17.2 Å². The number of halogens is 4. The maximum atomic E-state index is 14.4. The molecule has 0 aliphatic carbocycles. The van der Waals surface area contributed by atoms with Crippen molar-refractivity contribution < 1.29 is 22.4 Å². The number of nitrogens with zero attached hydrogens (tertiary/aromatic N) is 5. The first-order chi connectivity index (χ1) is 14.3. The number of pyridine rings is 2. The molecule has 1 atom stereocenters. The summed E-state index contributed by atoms with van der Waals surface area (Å²) in [6, 6.07) is 8.47. The molecule has 1 amide bonds. The van der Waals surface area contributed by atoms with E-state index in [9.17, 15) is 22.4 Å². The van der Waals surface area contributed by atoms with E-state index in [0.29, 0.717) is 5.65 Å². The molecule has 3 heterocycles. The minimum atomic E-state index is -4.52. The molecule has 0 aliphatic heterocycles. The van der Waals surface area contributed by atoms with Gasteiger partial charge in [0.15, 0.2) is 5.65 Å². The van der Waals surface area contributed by atoms with Gasteiger partial charge in [-0.15, -0.1) is 5.10 Å². The molecule has 4 aromatic rings. The van der Waals surface area contributed by atoms with E-state index in [1.54, 1.807) is 0 Å². The summed E-state index contributed by atoms with van der Waals surface area (Å²) in [5.74, 6) is -1.32. The molecule has 0 aliphatic rings. The van der Waals surface area contributed by atoms with Crippen molar-refractivity contribution in [3.05, 3.63) is 89.1 Å². The SMILES string of the molecule is O=C(N[C@@H](c1ccc(C(F)(F)F)cc1)c1ncccc1F)c1ccc2nnnn2c1. The van der Waals surface area contributed by atoms with Gasteiger partial charge in [0.2, 0.25) is 0 Å². The van der Waals surface area contributed by atoms with Crippen LogP contribution in [0, 0.1) is 5.82 Å². The Morgan fingerprint density at radius 3 is 2.53 bits per heavy atom. The summed E-state index contributed by atoms with van der Waals surface area (Å²) < 4.78 is 54.3. The Balaban J connectivity index is 1.70. The maximum absolute atomic E-state index is 14.4. The molecule has 0 radical (unpaired) electrons. The summed E-state index contributed by atoms with van der Waals surface area (Å²) in [4.78, 5) is 16.7. The van der Waals surface area contributed by atoms with Gasteiger partial charge in [-0.25, -0.2) is 4.39 Å². The second kappa shape index (κ2) is 7.50. The van der Waals surface area contributed by atoms with Crippen molar-refractivity contribution in [1.82, 2.24) is 30.3 Å². The van der Waals surface area contributed by atoms with E-state index in [4.69, 9.17) is 0 Å². The lowest BCUT2D eigenvalue weighted by Gasteiger charge is -2.20. The van der Waals surface area contributed by atoms with Crippen LogP contribution in [0.15, 0.2) is 60.9 Å². The lowest BCUT2D eigenvalue weighted by molar-refractivity contribution is -0.137. The Kier molecular flexibility index (Phi) is 4.86. The average molecular weight is 416 g/mol. The molecule has 1 aromatic carbocycles. The highest BCUT2D eigenvalue weighted by atomic mass is 19.4. The molecule has 11 heteroatoms. The highest BCUT2D eigenvalue weighted by Gasteiger charge is 2.31. The average Bonchev–Trinajstić information content (AvgIpc) is 3.20. The van der Waals surface area contributed by atoms with Crippen LogP contribution in [0.3, 0.4) is 0 Å². The number of carbonyl (C=O) groups is 1. The third-order valence-corrected chi connectivity index (χ3v) is 4.36.